The van der Waals surface area contributed by atoms with Crippen molar-refractivity contribution in [1.29, 1.82) is 0 Å². The zero-order valence-electron chi connectivity index (χ0n) is 18.6. The van der Waals surface area contributed by atoms with Crippen LogP contribution >= 0.6 is 0 Å². The highest BCUT2D eigenvalue weighted by atomic mass is 16.2. The molecule has 0 spiro atoms. The van der Waals surface area contributed by atoms with Gasteiger partial charge in [0.25, 0.3) is 0 Å². The Morgan fingerprint density at radius 1 is 1.13 bits per heavy atom. The van der Waals surface area contributed by atoms with Gasteiger partial charge in [-0.25, -0.2) is 0 Å². The zero-order chi connectivity index (χ0) is 21.4. The summed E-state index contributed by atoms with van der Waals surface area (Å²) < 4.78 is 1.83. The van der Waals surface area contributed by atoms with Crippen LogP contribution in [-0.4, -0.2) is 58.4 Å². The van der Waals surface area contributed by atoms with Gasteiger partial charge in [0.1, 0.15) is 0 Å². The molecule has 2 heterocycles. The van der Waals surface area contributed by atoms with Crippen LogP contribution in [0.4, 0.5) is 0 Å². The number of carbonyl (C=O) groups is 2. The zero-order valence-corrected chi connectivity index (χ0v) is 18.6. The number of amides is 1. The van der Waals surface area contributed by atoms with Crippen LogP contribution in [0, 0.1) is 5.92 Å². The predicted molar refractivity (Wildman–Crippen MR) is 122 cm³/mol. The number of rotatable bonds is 6. The average Bonchev–Trinajstić information content (AvgIpc) is 3.14. The predicted octanol–water partition coefficient (Wildman–Crippen LogP) is 4.21. The minimum atomic E-state index is -0.112. The minimum absolute atomic E-state index is 0.112. The summed E-state index contributed by atoms with van der Waals surface area (Å²) in [6.07, 6.45) is 6.72. The lowest BCUT2D eigenvalue weighted by atomic mass is 9.79. The van der Waals surface area contributed by atoms with E-state index in [0.717, 1.165) is 44.5 Å². The van der Waals surface area contributed by atoms with Crippen LogP contribution in [0.1, 0.15) is 56.5 Å². The van der Waals surface area contributed by atoms with Crippen LogP contribution < -0.4 is 0 Å². The molecular formula is C25H33N3O2. The summed E-state index contributed by atoms with van der Waals surface area (Å²) in [4.78, 5) is 30.2. The lowest BCUT2D eigenvalue weighted by molar-refractivity contribution is -0.134. The number of hydrogen-bond acceptors (Lipinski definition) is 3. The molecule has 2 atom stereocenters. The molecule has 4 rings (SSSR count). The van der Waals surface area contributed by atoms with E-state index in [9.17, 15) is 9.59 Å². The molecule has 0 saturated carbocycles. The van der Waals surface area contributed by atoms with Gasteiger partial charge in [0.2, 0.25) is 11.8 Å². The molecule has 1 aliphatic carbocycles. The van der Waals surface area contributed by atoms with Gasteiger partial charge in [0.05, 0.1) is 11.4 Å². The molecule has 2 aromatic rings. The fourth-order valence-corrected chi connectivity index (χ4v) is 5.27. The van der Waals surface area contributed by atoms with Gasteiger partial charge < -0.3 is 4.90 Å². The Balaban J connectivity index is 1.85. The van der Waals surface area contributed by atoms with E-state index >= 15 is 0 Å². The summed E-state index contributed by atoms with van der Waals surface area (Å²) in [5.41, 5.74) is 4.70. The van der Waals surface area contributed by atoms with E-state index in [1.165, 1.54) is 22.1 Å². The first-order valence-electron chi connectivity index (χ1n) is 11.4. The highest BCUT2D eigenvalue weighted by Gasteiger charge is 2.38. The standard InChI is InChI=1S/C25H33N3O2/c1-5-12-27-15-18(25(30)26(7-3)8-4)13-20-19-10-9-11-21-24(19)17(14-22(20)27)16-28(21)23(29)6-2/h9-11,13,16,18,22H,5-8,12,14-15H2,1-4H3/t18-,22-/m1/s1. The van der Waals surface area contributed by atoms with Crippen LogP contribution in [0.25, 0.3) is 16.5 Å². The molecular weight excluding hydrogens is 374 g/mol. The van der Waals surface area contributed by atoms with E-state index in [4.69, 9.17) is 0 Å². The summed E-state index contributed by atoms with van der Waals surface area (Å²) in [6.45, 7) is 11.4. The minimum Gasteiger partial charge on any atom is -0.343 e. The molecule has 0 N–H and O–H groups in total. The first kappa shape index (κ1) is 20.9. The lowest BCUT2D eigenvalue weighted by Gasteiger charge is -2.42. The van der Waals surface area contributed by atoms with Gasteiger partial charge >= 0.3 is 0 Å². The third kappa shape index (κ3) is 3.29. The van der Waals surface area contributed by atoms with Crippen molar-refractivity contribution in [3.05, 3.63) is 41.6 Å². The highest BCUT2D eigenvalue weighted by molar-refractivity contribution is 6.03. The molecule has 2 aliphatic rings. The van der Waals surface area contributed by atoms with Gasteiger partial charge in [-0.1, -0.05) is 32.1 Å². The lowest BCUT2D eigenvalue weighted by Crippen LogP contribution is -2.49. The Hall–Kier alpha value is -2.40. The SMILES string of the molecule is CCCN1C[C@H](C(=O)N(CC)CC)C=C2c3cccc4c3c(cn4C(=O)CC)C[C@H]21. The average molecular weight is 408 g/mol. The third-order valence-corrected chi connectivity index (χ3v) is 6.72. The van der Waals surface area contributed by atoms with Gasteiger partial charge in [-0.15, -0.1) is 0 Å². The molecule has 0 saturated heterocycles. The number of nitrogens with zero attached hydrogens (tertiary/aromatic N) is 3. The number of aromatic nitrogens is 1. The smallest absolute Gasteiger partial charge is 0.230 e. The molecule has 0 fully saturated rings. The maximum absolute atomic E-state index is 13.2. The van der Waals surface area contributed by atoms with Crippen molar-refractivity contribution < 1.29 is 9.59 Å². The van der Waals surface area contributed by atoms with Crippen molar-refractivity contribution in [3.63, 3.8) is 0 Å². The normalized spacial score (nSPS) is 20.7. The quantitative estimate of drug-likeness (QED) is 0.721. The summed E-state index contributed by atoms with van der Waals surface area (Å²) in [7, 11) is 0. The Morgan fingerprint density at radius 3 is 2.57 bits per heavy atom. The van der Waals surface area contributed by atoms with E-state index in [1.807, 2.05) is 48.6 Å². The molecule has 1 aliphatic heterocycles. The molecule has 0 radical (unpaired) electrons. The second kappa shape index (κ2) is 8.38. The third-order valence-electron chi connectivity index (χ3n) is 6.72. The molecule has 1 amide bonds. The van der Waals surface area contributed by atoms with Crippen molar-refractivity contribution in [2.45, 2.75) is 53.0 Å². The van der Waals surface area contributed by atoms with Crippen LogP contribution in [0.5, 0.6) is 0 Å². The van der Waals surface area contributed by atoms with Crippen molar-refractivity contribution in [2.75, 3.05) is 26.2 Å². The van der Waals surface area contributed by atoms with E-state index < -0.39 is 0 Å². The van der Waals surface area contributed by atoms with Gasteiger partial charge in [-0.05, 0) is 56.0 Å². The van der Waals surface area contributed by atoms with Gasteiger partial charge in [0, 0.05) is 43.7 Å². The van der Waals surface area contributed by atoms with E-state index in [1.54, 1.807) is 0 Å². The molecule has 0 bridgehead atoms. The molecule has 5 heteroatoms. The summed E-state index contributed by atoms with van der Waals surface area (Å²) in [6, 6.07) is 6.53. The Labute approximate surface area is 179 Å². The van der Waals surface area contributed by atoms with E-state index in [2.05, 4.69) is 24.0 Å². The van der Waals surface area contributed by atoms with Crippen LogP contribution in [0.2, 0.25) is 0 Å². The van der Waals surface area contributed by atoms with Crippen molar-refractivity contribution >= 4 is 28.3 Å². The van der Waals surface area contributed by atoms with Crippen LogP contribution in [0.3, 0.4) is 0 Å². The van der Waals surface area contributed by atoms with Gasteiger partial charge in [-0.3, -0.25) is 19.1 Å². The Kier molecular flexibility index (Phi) is 5.83. The molecule has 1 aromatic heterocycles. The van der Waals surface area contributed by atoms with E-state index in [-0.39, 0.29) is 23.8 Å². The fraction of sp³-hybridized carbons (Fsp3) is 0.520. The second-order valence-electron chi connectivity index (χ2n) is 8.43. The molecule has 160 valence electrons. The van der Waals surface area contributed by atoms with Crippen LogP contribution in [-0.2, 0) is 11.2 Å². The number of fused-ring (bicyclic) bond motifs is 2. The maximum atomic E-state index is 13.2. The first-order valence-corrected chi connectivity index (χ1v) is 11.4. The largest absolute Gasteiger partial charge is 0.343 e. The molecule has 1 aromatic carbocycles. The fourth-order valence-electron chi connectivity index (χ4n) is 5.27. The van der Waals surface area contributed by atoms with E-state index in [0.29, 0.717) is 6.42 Å². The molecule has 30 heavy (non-hydrogen) atoms. The first-order chi connectivity index (χ1) is 14.5. The topological polar surface area (TPSA) is 45.6 Å². The summed E-state index contributed by atoms with van der Waals surface area (Å²) in [5.74, 6) is 0.241. The Morgan fingerprint density at radius 2 is 1.90 bits per heavy atom. The van der Waals surface area contributed by atoms with Crippen molar-refractivity contribution in [2.24, 2.45) is 5.92 Å². The summed E-state index contributed by atoms with van der Waals surface area (Å²) in [5, 5.41) is 1.19. The molecule has 5 nitrogen and oxygen atoms in total. The number of carbonyl (C=O) groups excluding carboxylic acids is 2. The molecule has 0 unspecified atom stereocenters. The summed E-state index contributed by atoms with van der Waals surface area (Å²) >= 11 is 0. The maximum Gasteiger partial charge on any atom is 0.230 e. The van der Waals surface area contributed by atoms with Crippen LogP contribution in [0.15, 0.2) is 30.5 Å². The van der Waals surface area contributed by atoms with Gasteiger partial charge in [0.15, 0.2) is 0 Å². The second-order valence-corrected chi connectivity index (χ2v) is 8.43. The van der Waals surface area contributed by atoms with Gasteiger partial charge in [-0.2, -0.15) is 0 Å². The number of benzene rings is 1. The van der Waals surface area contributed by atoms with Crippen molar-refractivity contribution in [1.82, 2.24) is 14.4 Å². The number of hydrogen-bond donors (Lipinski definition) is 0. The Bertz CT molecular complexity index is 999. The van der Waals surface area contributed by atoms with Crippen molar-refractivity contribution in [3.8, 4) is 0 Å². The highest BCUT2D eigenvalue weighted by Crippen LogP contribution is 2.42. The monoisotopic (exact) mass is 407 g/mol.